The Morgan fingerprint density at radius 3 is 0.738 bits per heavy atom. The van der Waals surface area contributed by atoms with E-state index in [1.165, 1.54) is 116 Å². The SMILES string of the molecule is CCCCCCCCCCCCCCCCCCC(=O)O[C@H](COC(=O)CCCCCCCCCCCC)COP(=O)(O)OC[C@@H](O)COP(=O)(O)OC[C@@H](COC(=O)CCCCCCCCC)OC(=O)CCCCCCCCC. The molecule has 0 amide bonds. The van der Waals surface area contributed by atoms with E-state index >= 15 is 0 Å². The number of phosphoric acid groups is 2. The Bertz CT molecular complexity index is 1550. The fraction of sp³-hybridized carbons (Fsp3) is 0.934. The van der Waals surface area contributed by atoms with Gasteiger partial charge < -0.3 is 33.8 Å². The van der Waals surface area contributed by atoms with Crippen molar-refractivity contribution in [3.05, 3.63) is 0 Å². The predicted octanol–water partition coefficient (Wildman–Crippen LogP) is 16.8. The standard InChI is InChI=1S/C61H118O17P2/c1-5-9-13-17-21-23-25-26-27-28-29-30-32-36-40-44-48-61(66)78-57(52-72-59(64)46-42-38-35-31-24-22-18-14-10-6-2)54-76-80(69,70)74-50-55(62)49-73-79(67,68)75-53-56(77-60(65)47-43-39-34-20-16-12-8-4)51-71-58(63)45-41-37-33-19-15-11-7-3/h55-57,62H,5-54H2,1-4H3,(H,67,68)(H,69,70)/t55-,56+,57+/m0/s1. The molecule has 0 aromatic carbocycles. The summed E-state index contributed by atoms with van der Waals surface area (Å²) in [5.41, 5.74) is 0. The van der Waals surface area contributed by atoms with Gasteiger partial charge in [-0.1, -0.05) is 259 Å². The van der Waals surface area contributed by atoms with Gasteiger partial charge in [-0.25, -0.2) is 9.13 Å². The minimum Gasteiger partial charge on any atom is -0.462 e. The number of rotatable bonds is 62. The van der Waals surface area contributed by atoms with E-state index in [0.29, 0.717) is 25.7 Å². The first-order valence-electron chi connectivity index (χ1n) is 32.3. The molecule has 0 bridgehead atoms. The van der Waals surface area contributed by atoms with Crippen LogP contribution in [-0.2, 0) is 65.4 Å². The highest BCUT2D eigenvalue weighted by atomic mass is 31.2. The third-order valence-corrected chi connectivity index (χ3v) is 16.0. The smallest absolute Gasteiger partial charge is 0.462 e. The molecular weight excluding hydrogens is 1070 g/mol. The van der Waals surface area contributed by atoms with Crippen LogP contribution in [0.1, 0.15) is 310 Å². The molecule has 474 valence electrons. The van der Waals surface area contributed by atoms with Gasteiger partial charge in [0, 0.05) is 25.7 Å². The molecule has 17 nitrogen and oxygen atoms in total. The first-order chi connectivity index (χ1) is 38.7. The first-order valence-corrected chi connectivity index (χ1v) is 35.3. The topological polar surface area (TPSA) is 237 Å². The molecule has 0 aromatic rings. The van der Waals surface area contributed by atoms with Crippen LogP contribution in [0, 0.1) is 0 Å². The van der Waals surface area contributed by atoms with Gasteiger partial charge in [-0.05, 0) is 25.7 Å². The third kappa shape index (κ3) is 55.3. The molecule has 2 unspecified atom stereocenters. The first kappa shape index (κ1) is 78.1. The van der Waals surface area contributed by atoms with Crippen molar-refractivity contribution < 1.29 is 80.2 Å². The van der Waals surface area contributed by atoms with Gasteiger partial charge in [-0.3, -0.25) is 37.3 Å². The molecule has 3 N–H and O–H groups in total. The second-order valence-electron chi connectivity index (χ2n) is 22.1. The number of ether oxygens (including phenoxy) is 4. The lowest BCUT2D eigenvalue weighted by Gasteiger charge is -2.21. The highest BCUT2D eigenvalue weighted by molar-refractivity contribution is 7.47. The quantitative estimate of drug-likeness (QED) is 0.0222. The van der Waals surface area contributed by atoms with Crippen LogP contribution in [0.3, 0.4) is 0 Å². The lowest BCUT2D eigenvalue weighted by Crippen LogP contribution is -2.30. The van der Waals surface area contributed by atoms with Crippen molar-refractivity contribution >= 4 is 39.5 Å². The zero-order valence-electron chi connectivity index (χ0n) is 51.0. The number of carbonyl (C=O) groups is 4. The number of hydrogen-bond donors (Lipinski definition) is 3. The monoisotopic (exact) mass is 1180 g/mol. The van der Waals surface area contributed by atoms with Gasteiger partial charge in [0.1, 0.15) is 19.3 Å². The molecule has 0 rings (SSSR count). The van der Waals surface area contributed by atoms with Crippen molar-refractivity contribution in [3.63, 3.8) is 0 Å². The van der Waals surface area contributed by atoms with Crippen molar-refractivity contribution in [3.8, 4) is 0 Å². The lowest BCUT2D eigenvalue weighted by atomic mass is 10.0. The molecule has 0 saturated carbocycles. The number of unbranched alkanes of at least 4 members (excludes halogenated alkanes) is 36. The van der Waals surface area contributed by atoms with Crippen molar-refractivity contribution in [2.24, 2.45) is 0 Å². The molecule has 0 spiro atoms. The van der Waals surface area contributed by atoms with E-state index in [1.807, 2.05) is 0 Å². The zero-order valence-corrected chi connectivity index (χ0v) is 52.8. The van der Waals surface area contributed by atoms with Crippen molar-refractivity contribution in [1.29, 1.82) is 0 Å². The molecule has 19 heteroatoms. The highest BCUT2D eigenvalue weighted by Crippen LogP contribution is 2.45. The van der Waals surface area contributed by atoms with E-state index in [-0.39, 0.29) is 25.7 Å². The number of carbonyl (C=O) groups excluding carboxylic acids is 4. The summed E-state index contributed by atoms with van der Waals surface area (Å²) >= 11 is 0. The molecule has 0 saturated heterocycles. The summed E-state index contributed by atoms with van der Waals surface area (Å²) in [6, 6.07) is 0. The van der Waals surface area contributed by atoms with E-state index in [0.717, 1.165) is 116 Å². The maximum atomic E-state index is 12.9. The summed E-state index contributed by atoms with van der Waals surface area (Å²) in [6.45, 7) is 4.78. The molecular formula is C61H118O17P2. The van der Waals surface area contributed by atoms with E-state index in [1.54, 1.807) is 0 Å². The lowest BCUT2D eigenvalue weighted by molar-refractivity contribution is -0.161. The molecule has 0 radical (unpaired) electrons. The Labute approximate surface area is 486 Å². The summed E-state index contributed by atoms with van der Waals surface area (Å²) in [7, 11) is -9.87. The van der Waals surface area contributed by atoms with Crippen LogP contribution in [-0.4, -0.2) is 96.7 Å². The van der Waals surface area contributed by atoms with Gasteiger partial charge in [0.05, 0.1) is 26.4 Å². The maximum absolute atomic E-state index is 12.9. The van der Waals surface area contributed by atoms with Crippen molar-refractivity contribution in [1.82, 2.24) is 0 Å². The normalized spacial score (nSPS) is 14.2. The van der Waals surface area contributed by atoms with Crippen LogP contribution in [0.5, 0.6) is 0 Å². The molecule has 80 heavy (non-hydrogen) atoms. The Hall–Kier alpha value is -1.94. The minimum absolute atomic E-state index is 0.104. The zero-order chi connectivity index (χ0) is 59.1. The summed E-state index contributed by atoms with van der Waals surface area (Å²) < 4.78 is 67.7. The Kier molecular flexibility index (Phi) is 54.8. The van der Waals surface area contributed by atoms with Gasteiger partial charge in [0.25, 0.3) is 0 Å². The Balaban J connectivity index is 5.15. The summed E-state index contributed by atoms with van der Waals surface area (Å²) in [5, 5.41) is 10.5. The highest BCUT2D eigenvalue weighted by Gasteiger charge is 2.30. The maximum Gasteiger partial charge on any atom is 0.472 e. The van der Waals surface area contributed by atoms with E-state index in [9.17, 15) is 43.2 Å². The van der Waals surface area contributed by atoms with Crippen LogP contribution in [0.4, 0.5) is 0 Å². The van der Waals surface area contributed by atoms with Gasteiger partial charge >= 0.3 is 39.5 Å². The van der Waals surface area contributed by atoms with Crippen LogP contribution in [0.15, 0.2) is 0 Å². The second-order valence-corrected chi connectivity index (χ2v) is 25.0. The average molecular weight is 1190 g/mol. The largest absolute Gasteiger partial charge is 0.472 e. The molecule has 0 heterocycles. The molecule has 5 atom stereocenters. The number of esters is 4. The Morgan fingerprint density at radius 2 is 0.500 bits per heavy atom. The minimum atomic E-state index is -4.94. The molecule has 0 fully saturated rings. The van der Waals surface area contributed by atoms with Crippen LogP contribution < -0.4 is 0 Å². The number of hydrogen-bond acceptors (Lipinski definition) is 15. The third-order valence-electron chi connectivity index (χ3n) is 14.1. The molecule has 0 aliphatic carbocycles. The van der Waals surface area contributed by atoms with Gasteiger partial charge in [0.15, 0.2) is 12.2 Å². The van der Waals surface area contributed by atoms with E-state index in [4.69, 9.17) is 37.0 Å². The van der Waals surface area contributed by atoms with Crippen molar-refractivity contribution in [2.45, 2.75) is 329 Å². The number of aliphatic hydroxyl groups excluding tert-OH is 1. The van der Waals surface area contributed by atoms with Crippen LogP contribution in [0.25, 0.3) is 0 Å². The fourth-order valence-corrected chi connectivity index (χ4v) is 10.7. The summed E-state index contributed by atoms with van der Waals surface area (Å²) in [6.07, 6.45) is 40.5. The van der Waals surface area contributed by atoms with Crippen LogP contribution in [0.2, 0.25) is 0 Å². The fourth-order valence-electron chi connectivity index (χ4n) is 9.10. The van der Waals surface area contributed by atoms with Crippen LogP contribution >= 0.6 is 15.6 Å². The summed E-state index contributed by atoms with van der Waals surface area (Å²) in [4.78, 5) is 71.8. The van der Waals surface area contributed by atoms with Gasteiger partial charge in [-0.15, -0.1) is 0 Å². The molecule has 0 aromatic heterocycles. The van der Waals surface area contributed by atoms with Crippen molar-refractivity contribution in [2.75, 3.05) is 39.6 Å². The number of phosphoric ester groups is 2. The average Bonchev–Trinajstić information content (AvgIpc) is 3.43. The summed E-state index contributed by atoms with van der Waals surface area (Å²) in [5.74, 6) is -2.14. The predicted molar refractivity (Wildman–Crippen MR) is 317 cm³/mol. The Morgan fingerprint density at radius 1 is 0.300 bits per heavy atom. The molecule has 0 aliphatic heterocycles. The van der Waals surface area contributed by atoms with Gasteiger partial charge in [0.2, 0.25) is 0 Å². The molecule has 0 aliphatic rings. The van der Waals surface area contributed by atoms with E-state index < -0.39 is 97.5 Å². The second kappa shape index (κ2) is 56.2. The number of aliphatic hydroxyl groups is 1. The van der Waals surface area contributed by atoms with E-state index in [2.05, 4.69) is 27.7 Å². The van der Waals surface area contributed by atoms with Gasteiger partial charge in [-0.2, -0.15) is 0 Å².